The molecule has 4 heteroatoms. The van der Waals surface area contributed by atoms with Crippen molar-refractivity contribution in [2.75, 3.05) is 0 Å². The Balaban J connectivity index is 2.25. The van der Waals surface area contributed by atoms with Crippen LogP contribution in [0.1, 0.15) is 27.7 Å². The number of carbonyl (C=O) groups is 2. The van der Waals surface area contributed by atoms with Crippen LogP contribution in [-0.4, -0.2) is 33.0 Å². The van der Waals surface area contributed by atoms with Crippen LogP contribution in [0.2, 0.25) is 0 Å². The van der Waals surface area contributed by atoms with Gasteiger partial charge in [-0.25, -0.2) is 0 Å². The van der Waals surface area contributed by atoms with Crippen LogP contribution in [0.4, 0.5) is 0 Å². The van der Waals surface area contributed by atoms with E-state index in [2.05, 4.69) is 0 Å². The Morgan fingerprint density at radius 1 is 1.05 bits per heavy atom. The van der Waals surface area contributed by atoms with E-state index >= 15 is 0 Å². The van der Waals surface area contributed by atoms with Crippen molar-refractivity contribution in [1.29, 1.82) is 0 Å². The van der Waals surface area contributed by atoms with Gasteiger partial charge < -0.3 is 10.2 Å². The lowest BCUT2D eigenvalue weighted by Crippen LogP contribution is -2.67. The molecule has 2 bridgehead atoms. The number of hydrogen-bond donors (Lipinski definition) is 2. The van der Waals surface area contributed by atoms with Crippen molar-refractivity contribution in [3.63, 3.8) is 0 Å². The quantitative estimate of drug-likeness (QED) is 0.648. The molecule has 0 amide bonds. The average Bonchev–Trinajstić information content (AvgIpc) is 2.32. The molecule has 1 saturated carbocycles. The second-order valence-electron chi connectivity index (χ2n) is 6.88. The Morgan fingerprint density at radius 2 is 1.65 bits per heavy atom. The summed E-state index contributed by atoms with van der Waals surface area (Å²) in [5, 5.41) is 21.2. The normalized spacial score (nSPS) is 50.7. The zero-order valence-corrected chi connectivity index (χ0v) is 12.2. The van der Waals surface area contributed by atoms with Crippen molar-refractivity contribution in [2.24, 2.45) is 23.7 Å². The van der Waals surface area contributed by atoms with Crippen LogP contribution in [0.15, 0.2) is 23.3 Å². The molecule has 108 valence electrons. The Kier molecular flexibility index (Phi) is 2.52. The Hall–Kier alpha value is -1.26. The smallest absolute Gasteiger partial charge is 0.187 e. The highest BCUT2D eigenvalue weighted by atomic mass is 16.3. The van der Waals surface area contributed by atoms with Gasteiger partial charge in [-0.05, 0) is 33.8 Å². The maximum atomic E-state index is 12.5. The van der Waals surface area contributed by atoms with Crippen molar-refractivity contribution < 1.29 is 19.8 Å². The summed E-state index contributed by atoms with van der Waals surface area (Å²) < 4.78 is 0. The van der Waals surface area contributed by atoms with Crippen molar-refractivity contribution in [3.8, 4) is 0 Å². The molecule has 20 heavy (non-hydrogen) atoms. The Bertz CT molecular complexity index is 579. The molecule has 4 rings (SSSR count). The first-order valence-corrected chi connectivity index (χ1v) is 7.00. The van der Waals surface area contributed by atoms with Gasteiger partial charge in [0, 0.05) is 23.7 Å². The van der Waals surface area contributed by atoms with Gasteiger partial charge in [-0.1, -0.05) is 17.2 Å². The molecule has 4 aliphatic carbocycles. The largest absolute Gasteiger partial charge is 0.382 e. The molecule has 0 aromatic rings. The number of aliphatic hydroxyl groups is 2. The maximum absolute atomic E-state index is 12.5. The monoisotopic (exact) mass is 276 g/mol. The second kappa shape index (κ2) is 3.68. The molecular weight excluding hydrogens is 256 g/mol. The topological polar surface area (TPSA) is 74.6 Å². The summed E-state index contributed by atoms with van der Waals surface area (Å²) in [6.45, 7) is 6.72. The van der Waals surface area contributed by atoms with E-state index in [-0.39, 0.29) is 17.5 Å². The number of fused-ring (bicyclic) bond motifs is 1. The molecule has 0 aliphatic heterocycles. The van der Waals surface area contributed by atoms with E-state index in [4.69, 9.17) is 0 Å². The van der Waals surface area contributed by atoms with E-state index < -0.39 is 29.0 Å². The van der Waals surface area contributed by atoms with Gasteiger partial charge in [0.15, 0.2) is 11.6 Å². The molecule has 0 radical (unpaired) electrons. The van der Waals surface area contributed by atoms with Gasteiger partial charge in [-0.3, -0.25) is 9.59 Å². The van der Waals surface area contributed by atoms with Gasteiger partial charge in [0.25, 0.3) is 0 Å². The molecule has 0 saturated heterocycles. The molecule has 6 atom stereocenters. The molecule has 0 unspecified atom stereocenters. The highest BCUT2D eigenvalue weighted by molar-refractivity contribution is 6.01. The SMILES string of the molecule is CC1=C[C@H]2[C@@H]3[C@@H](C(C)=CC(=O)[C@]3(C)O)[C@@H]1C(=O)[C@]2(C)O. The highest BCUT2D eigenvalue weighted by Crippen LogP contribution is 2.57. The van der Waals surface area contributed by atoms with Crippen LogP contribution < -0.4 is 0 Å². The first-order valence-electron chi connectivity index (χ1n) is 7.00. The van der Waals surface area contributed by atoms with Crippen LogP contribution >= 0.6 is 0 Å². The molecule has 0 heterocycles. The first-order chi connectivity index (χ1) is 9.10. The second-order valence-corrected chi connectivity index (χ2v) is 6.88. The summed E-state index contributed by atoms with van der Waals surface area (Å²) in [7, 11) is 0. The van der Waals surface area contributed by atoms with Crippen LogP contribution in [0.3, 0.4) is 0 Å². The number of rotatable bonds is 0. The van der Waals surface area contributed by atoms with Gasteiger partial charge in [-0.15, -0.1) is 0 Å². The van der Waals surface area contributed by atoms with Gasteiger partial charge in [0.2, 0.25) is 0 Å². The summed E-state index contributed by atoms with van der Waals surface area (Å²) >= 11 is 0. The van der Waals surface area contributed by atoms with E-state index in [0.29, 0.717) is 0 Å². The molecule has 1 fully saturated rings. The molecule has 4 nitrogen and oxygen atoms in total. The van der Waals surface area contributed by atoms with Gasteiger partial charge in [-0.2, -0.15) is 0 Å². The summed E-state index contributed by atoms with van der Waals surface area (Å²) in [5.74, 6) is -2.12. The summed E-state index contributed by atoms with van der Waals surface area (Å²) in [4.78, 5) is 24.6. The minimum Gasteiger partial charge on any atom is -0.382 e. The minimum absolute atomic E-state index is 0.189. The van der Waals surface area contributed by atoms with Gasteiger partial charge in [0.05, 0.1) is 0 Å². The third-order valence-electron chi connectivity index (χ3n) is 5.53. The van der Waals surface area contributed by atoms with Crippen LogP contribution in [0.25, 0.3) is 0 Å². The molecule has 0 aromatic carbocycles. The average molecular weight is 276 g/mol. The lowest BCUT2D eigenvalue weighted by Gasteiger charge is -2.57. The van der Waals surface area contributed by atoms with Crippen molar-refractivity contribution >= 4 is 11.6 Å². The number of hydrogen-bond acceptors (Lipinski definition) is 4. The van der Waals surface area contributed by atoms with E-state index in [1.54, 1.807) is 0 Å². The lowest BCUT2D eigenvalue weighted by molar-refractivity contribution is -0.177. The Labute approximate surface area is 118 Å². The van der Waals surface area contributed by atoms with Crippen LogP contribution in [0, 0.1) is 23.7 Å². The fraction of sp³-hybridized carbons (Fsp3) is 0.625. The lowest BCUT2D eigenvalue weighted by atomic mass is 9.47. The fourth-order valence-corrected chi connectivity index (χ4v) is 4.42. The minimum atomic E-state index is -1.53. The van der Waals surface area contributed by atoms with Crippen molar-refractivity contribution in [2.45, 2.75) is 38.9 Å². The van der Waals surface area contributed by atoms with E-state index in [0.717, 1.165) is 11.1 Å². The van der Waals surface area contributed by atoms with Crippen molar-refractivity contribution in [1.82, 2.24) is 0 Å². The zero-order valence-electron chi connectivity index (χ0n) is 12.2. The summed E-state index contributed by atoms with van der Waals surface area (Å²) in [5.41, 5.74) is -1.27. The Morgan fingerprint density at radius 3 is 2.25 bits per heavy atom. The maximum Gasteiger partial charge on any atom is 0.187 e. The van der Waals surface area contributed by atoms with E-state index in [1.807, 2.05) is 19.9 Å². The molecule has 0 aromatic heterocycles. The van der Waals surface area contributed by atoms with Crippen LogP contribution in [-0.2, 0) is 9.59 Å². The third kappa shape index (κ3) is 1.38. The van der Waals surface area contributed by atoms with E-state index in [9.17, 15) is 19.8 Å². The molecular formula is C16H20O4. The molecule has 4 aliphatic rings. The number of ketones is 2. The number of Topliss-reactive ketones (excluding diaryl/α,β-unsaturated/α-hetero) is 1. The highest BCUT2D eigenvalue weighted by Gasteiger charge is 2.65. The fourth-order valence-electron chi connectivity index (χ4n) is 4.42. The summed E-state index contributed by atoms with van der Waals surface area (Å²) in [6.07, 6.45) is 3.32. The zero-order chi connectivity index (χ0) is 15.0. The van der Waals surface area contributed by atoms with Crippen molar-refractivity contribution in [3.05, 3.63) is 23.3 Å². The number of carbonyl (C=O) groups excluding carboxylic acids is 2. The first kappa shape index (κ1) is 13.7. The van der Waals surface area contributed by atoms with Crippen LogP contribution in [0.5, 0.6) is 0 Å². The third-order valence-corrected chi connectivity index (χ3v) is 5.53. The van der Waals surface area contributed by atoms with Gasteiger partial charge in [0.1, 0.15) is 11.2 Å². The molecule has 2 N–H and O–H groups in total. The molecule has 0 spiro atoms. The predicted octanol–water partition coefficient (Wildman–Crippen LogP) is 1.02. The number of allylic oxidation sites excluding steroid dienone is 2. The predicted molar refractivity (Wildman–Crippen MR) is 72.7 cm³/mol. The summed E-state index contributed by atoms with van der Waals surface area (Å²) in [6, 6.07) is 0. The van der Waals surface area contributed by atoms with E-state index in [1.165, 1.54) is 19.9 Å². The standard InChI is InChI=1S/C16H20O4/c1-7-5-9-13-11(12(7)14(18)15(9,3)19)8(2)6-10(17)16(13,4)20/h5-6,9,11-13,19-20H,1-4H3/t9-,11-,12+,13+,15+,16-/m0/s1. The van der Waals surface area contributed by atoms with Gasteiger partial charge >= 0.3 is 0 Å².